The minimum absolute atomic E-state index is 0.0197. The van der Waals surface area contributed by atoms with Gasteiger partial charge in [0, 0.05) is 18.4 Å². The van der Waals surface area contributed by atoms with E-state index >= 15 is 0 Å². The normalized spacial score (nSPS) is 15.8. The number of ether oxygens (including phenoxy) is 2. The van der Waals surface area contributed by atoms with Gasteiger partial charge >= 0.3 is 5.97 Å². The van der Waals surface area contributed by atoms with Crippen LogP contribution in [0.15, 0.2) is 82.7 Å². The van der Waals surface area contributed by atoms with Crippen molar-refractivity contribution in [2.75, 3.05) is 13.2 Å². The average Bonchev–Trinajstić information content (AvgIpc) is 3.47. The van der Waals surface area contributed by atoms with E-state index in [2.05, 4.69) is 4.99 Å². The third-order valence-corrected chi connectivity index (χ3v) is 6.90. The van der Waals surface area contributed by atoms with E-state index in [0.717, 1.165) is 23.6 Å². The van der Waals surface area contributed by atoms with Crippen LogP contribution in [0.1, 0.15) is 40.5 Å². The largest absolute Gasteiger partial charge is 0.462 e. The van der Waals surface area contributed by atoms with Crippen LogP contribution in [0, 0.1) is 0 Å². The number of hydrogen-bond acceptors (Lipinski definition) is 6. The molecule has 5 aromatic rings. The minimum atomic E-state index is -0.678. The number of fused-ring (bicyclic) bond motifs is 3. The Labute approximate surface area is 223 Å². The van der Waals surface area contributed by atoms with Crippen LogP contribution >= 0.6 is 0 Å². The Morgan fingerprint density at radius 1 is 1.08 bits per heavy atom. The highest BCUT2D eigenvalue weighted by atomic mass is 16.5. The fourth-order valence-electron chi connectivity index (χ4n) is 5.01. The molecule has 0 bridgehead atoms. The van der Waals surface area contributed by atoms with Gasteiger partial charge in [-0.05, 0) is 60.9 Å². The second-order valence-electron chi connectivity index (χ2n) is 9.41. The Morgan fingerprint density at radius 2 is 1.90 bits per heavy atom. The third-order valence-electron chi connectivity index (χ3n) is 6.90. The van der Waals surface area contributed by atoms with Crippen molar-refractivity contribution in [3.63, 3.8) is 0 Å². The number of hydrogen-bond donors (Lipinski definition) is 0. The molecule has 4 heterocycles. The molecule has 1 amide bonds. The van der Waals surface area contributed by atoms with E-state index in [1.54, 1.807) is 48.0 Å². The molecule has 39 heavy (non-hydrogen) atoms. The van der Waals surface area contributed by atoms with Crippen molar-refractivity contribution < 1.29 is 19.1 Å². The first-order valence-electron chi connectivity index (χ1n) is 12.9. The molecule has 3 aromatic heterocycles. The highest BCUT2D eigenvalue weighted by Gasteiger charge is 2.24. The predicted molar refractivity (Wildman–Crippen MR) is 146 cm³/mol. The second-order valence-corrected chi connectivity index (χ2v) is 9.41. The van der Waals surface area contributed by atoms with E-state index in [4.69, 9.17) is 14.5 Å². The van der Waals surface area contributed by atoms with Crippen LogP contribution < -0.4 is 11.0 Å². The molecule has 0 unspecified atom stereocenters. The van der Waals surface area contributed by atoms with E-state index in [9.17, 15) is 14.4 Å². The summed E-state index contributed by atoms with van der Waals surface area (Å²) < 4.78 is 14.3. The van der Waals surface area contributed by atoms with Gasteiger partial charge in [0.05, 0.1) is 24.6 Å². The van der Waals surface area contributed by atoms with Crippen molar-refractivity contribution in [2.45, 2.75) is 32.4 Å². The topological polar surface area (TPSA) is 104 Å². The summed E-state index contributed by atoms with van der Waals surface area (Å²) >= 11 is 0. The smallest absolute Gasteiger partial charge is 0.341 e. The number of carbonyl (C=O) groups is 2. The predicted octanol–water partition coefficient (Wildman–Crippen LogP) is 3.90. The Morgan fingerprint density at radius 3 is 2.69 bits per heavy atom. The van der Waals surface area contributed by atoms with E-state index in [1.165, 1.54) is 10.5 Å². The Bertz CT molecular complexity index is 1880. The first kappa shape index (κ1) is 24.7. The highest BCUT2D eigenvalue weighted by molar-refractivity contribution is 6.00. The van der Waals surface area contributed by atoms with Crippen molar-refractivity contribution in [3.05, 3.63) is 99.9 Å². The van der Waals surface area contributed by atoms with Gasteiger partial charge in [0.25, 0.3) is 11.5 Å². The quantitative estimate of drug-likeness (QED) is 0.256. The van der Waals surface area contributed by atoms with Crippen LogP contribution in [-0.2, 0) is 16.0 Å². The summed E-state index contributed by atoms with van der Waals surface area (Å²) in [6, 6.07) is 19.8. The van der Waals surface area contributed by atoms with Crippen LogP contribution in [-0.4, -0.2) is 45.1 Å². The maximum Gasteiger partial charge on any atom is 0.341 e. The Kier molecular flexibility index (Phi) is 6.50. The molecular weight excluding hydrogens is 496 g/mol. The molecule has 0 spiro atoms. The number of esters is 1. The fraction of sp³-hybridized carbons (Fsp3) is 0.233. The second kappa shape index (κ2) is 10.3. The van der Waals surface area contributed by atoms with Gasteiger partial charge in [-0.1, -0.05) is 36.4 Å². The van der Waals surface area contributed by atoms with Gasteiger partial charge < -0.3 is 14.0 Å². The SMILES string of the molecule is CCOC(=O)c1cc2c(=O)n3ccccc3nc2n(C[C@H]2CCCO2)c1=NC(=O)c1ccc2ccccc2c1. The highest BCUT2D eigenvalue weighted by Crippen LogP contribution is 2.19. The lowest BCUT2D eigenvalue weighted by Gasteiger charge is -2.18. The minimum Gasteiger partial charge on any atom is -0.462 e. The molecule has 1 atom stereocenters. The number of rotatable bonds is 5. The van der Waals surface area contributed by atoms with Crippen molar-refractivity contribution in [3.8, 4) is 0 Å². The van der Waals surface area contributed by atoms with Gasteiger partial charge in [0.15, 0.2) is 5.49 Å². The van der Waals surface area contributed by atoms with Crippen LogP contribution in [0.4, 0.5) is 0 Å². The summed E-state index contributed by atoms with van der Waals surface area (Å²) in [7, 11) is 0. The van der Waals surface area contributed by atoms with Crippen LogP contribution in [0.2, 0.25) is 0 Å². The lowest BCUT2D eigenvalue weighted by Crippen LogP contribution is -2.35. The summed E-state index contributed by atoms with van der Waals surface area (Å²) in [5.41, 5.74) is 0.896. The zero-order valence-corrected chi connectivity index (χ0v) is 21.4. The molecule has 1 fully saturated rings. The number of nitrogens with zero attached hydrogens (tertiary/aromatic N) is 4. The first-order chi connectivity index (χ1) is 19.0. The number of aromatic nitrogens is 3. The summed E-state index contributed by atoms with van der Waals surface area (Å²) in [6.07, 6.45) is 3.13. The maximum absolute atomic E-state index is 13.5. The zero-order chi connectivity index (χ0) is 26.9. The van der Waals surface area contributed by atoms with Crippen molar-refractivity contribution in [1.82, 2.24) is 14.0 Å². The molecule has 9 heteroatoms. The molecule has 0 aliphatic carbocycles. The lowest BCUT2D eigenvalue weighted by molar-refractivity contribution is 0.0521. The summed E-state index contributed by atoms with van der Waals surface area (Å²) in [4.78, 5) is 49.5. The Hall–Kier alpha value is -4.63. The van der Waals surface area contributed by atoms with Gasteiger partial charge in [0.2, 0.25) is 0 Å². The first-order valence-corrected chi connectivity index (χ1v) is 12.9. The molecule has 1 aliphatic heterocycles. The molecule has 2 aromatic carbocycles. The fourth-order valence-corrected chi connectivity index (χ4v) is 5.01. The zero-order valence-electron chi connectivity index (χ0n) is 21.4. The molecule has 0 saturated carbocycles. The summed E-state index contributed by atoms with van der Waals surface area (Å²) in [6.45, 7) is 2.70. The van der Waals surface area contributed by atoms with Crippen LogP contribution in [0.3, 0.4) is 0 Å². The molecule has 1 aliphatic rings. The molecule has 0 radical (unpaired) electrons. The van der Waals surface area contributed by atoms with Crippen LogP contribution in [0.25, 0.3) is 27.5 Å². The summed E-state index contributed by atoms with van der Waals surface area (Å²) in [5.74, 6) is -1.20. The summed E-state index contributed by atoms with van der Waals surface area (Å²) in [5, 5.41) is 2.12. The van der Waals surface area contributed by atoms with Gasteiger partial charge in [0.1, 0.15) is 16.9 Å². The molecule has 0 N–H and O–H groups in total. The number of carbonyl (C=O) groups excluding carboxylic acids is 2. The van der Waals surface area contributed by atoms with Crippen LogP contribution in [0.5, 0.6) is 0 Å². The number of amides is 1. The van der Waals surface area contributed by atoms with Crippen molar-refractivity contribution in [1.29, 1.82) is 0 Å². The maximum atomic E-state index is 13.5. The standard InChI is InChI=1S/C30H26N4O5/c1-2-38-30(37)24-17-23-26(31-25-11-5-6-14-33(25)29(23)36)34(18-22-10-7-15-39-22)27(24)32-28(35)21-13-12-19-8-3-4-9-20(19)16-21/h3-6,8-9,11-14,16-17,22H,2,7,10,15,18H2,1H3/t22-/m1/s1. The monoisotopic (exact) mass is 522 g/mol. The molecule has 9 nitrogen and oxygen atoms in total. The molecular formula is C30H26N4O5. The average molecular weight is 523 g/mol. The third kappa shape index (κ3) is 4.61. The molecule has 1 saturated heterocycles. The number of pyridine rings is 2. The lowest BCUT2D eigenvalue weighted by atomic mass is 10.1. The van der Waals surface area contributed by atoms with Gasteiger partial charge in [-0.15, -0.1) is 0 Å². The van der Waals surface area contributed by atoms with E-state index < -0.39 is 11.9 Å². The van der Waals surface area contributed by atoms with E-state index in [-0.39, 0.29) is 41.3 Å². The van der Waals surface area contributed by atoms with Gasteiger partial charge in [-0.25, -0.2) is 9.78 Å². The van der Waals surface area contributed by atoms with Gasteiger partial charge in [-0.2, -0.15) is 4.99 Å². The molecule has 196 valence electrons. The molecule has 6 rings (SSSR count). The van der Waals surface area contributed by atoms with E-state index in [1.807, 2.05) is 30.3 Å². The Balaban J connectivity index is 1.65. The van der Waals surface area contributed by atoms with Crippen molar-refractivity contribution in [2.24, 2.45) is 4.99 Å². The van der Waals surface area contributed by atoms with Crippen molar-refractivity contribution >= 4 is 39.3 Å². The van der Waals surface area contributed by atoms with E-state index in [0.29, 0.717) is 23.5 Å². The van der Waals surface area contributed by atoms with Gasteiger partial charge in [-0.3, -0.25) is 14.0 Å². The number of benzene rings is 2.